The van der Waals surface area contributed by atoms with E-state index in [-0.39, 0.29) is 17.6 Å². The van der Waals surface area contributed by atoms with Crippen LogP contribution in [0.2, 0.25) is 0 Å². The van der Waals surface area contributed by atoms with Gasteiger partial charge < -0.3 is 15.9 Å². The van der Waals surface area contributed by atoms with Crippen LogP contribution in [-0.4, -0.2) is 39.2 Å². The van der Waals surface area contributed by atoms with E-state index in [0.29, 0.717) is 17.4 Å². The second-order valence-corrected chi connectivity index (χ2v) is 7.54. The standard InChI is InChI=1S/C18H24N6O2S/c1-12(2)18(3,11-19)21-16(25)10-27-17-23-22-15(24(17)20)9-13-5-7-14(26-4)8-6-13/h5-8,12H,9-10,20H2,1-4H3,(H,21,25). The molecule has 0 fully saturated rings. The van der Waals surface area contributed by atoms with Gasteiger partial charge in [0, 0.05) is 6.42 Å². The van der Waals surface area contributed by atoms with Crippen molar-refractivity contribution in [2.75, 3.05) is 18.7 Å². The number of benzene rings is 1. The van der Waals surface area contributed by atoms with Gasteiger partial charge in [-0.05, 0) is 30.5 Å². The molecule has 1 atom stereocenters. The van der Waals surface area contributed by atoms with Crippen LogP contribution in [0.3, 0.4) is 0 Å². The van der Waals surface area contributed by atoms with E-state index in [1.807, 2.05) is 38.1 Å². The Bertz CT molecular complexity index is 827. The predicted molar refractivity (Wildman–Crippen MR) is 104 cm³/mol. The lowest BCUT2D eigenvalue weighted by molar-refractivity contribution is -0.120. The lowest BCUT2D eigenvalue weighted by Gasteiger charge is -2.27. The summed E-state index contributed by atoms with van der Waals surface area (Å²) in [7, 11) is 1.62. The molecule has 3 N–H and O–H groups in total. The molecule has 0 aliphatic carbocycles. The zero-order valence-corrected chi connectivity index (χ0v) is 16.7. The third-order valence-corrected chi connectivity index (χ3v) is 5.32. The molecular weight excluding hydrogens is 364 g/mol. The molecule has 0 saturated carbocycles. The van der Waals surface area contributed by atoms with Crippen molar-refractivity contribution < 1.29 is 9.53 Å². The van der Waals surface area contributed by atoms with Gasteiger partial charge in [0.2, 0.25) is 11.1 Å². The largest absolute Gasteiger partial charge is 0.497 e. The summed E-state index contributed by atoms with van der Waals surface area (Å²) in [5.74, 6) is 7.26. The van der Waals surface area contributed by atoms with Crippen molar-refractivity contribution in [2.24, 2.45) is 5.92 Å². The molecule has 0 spiro atoms. The summed E-state index contributed by atoms with van der Waals surface area (Å²) in [5.41, 5.74) is 0.110. The maximum atomic E-state index is 12.2. The number of nitrogens with two attached hydrogens (primary N) is 1. The molecule has 0 aliphatic rings. The summed E-state index contributed by atoms with van der Waals surface area (Å²) >= 11 is 1.18. The Morgan fingerprint density at radius 3 is 2.63 bits per heavy atom. The van der Waals surface area contributed by atoms with E-state index in [4.69, 9.17) is 10.6 Å². The van der Waals surface area contributed by atoms with E-state index in [9.17, 15) is 10.1 Å². The van der Waals surface area contributed by atoms with Crippen molar-refractivity contribution in [3.8, 4) is 11.8 Å². The van der Waals surface area contributed by atoms with Gasteiger partial charge in [-0.2, -0.15) is 5.26 Å². The Morgan fingerprint density at radius 2 is 2.07 bits per heavy atom. The van der Waals surface area contributed by atoms with E-state index >= 15 is 0 Å². The lowest BCUT2D eigenvalue weighted by Crippen LogP contribution is -2.49. The highest BCUT2D eigenvalue weighted by molar-refractivity contribution is 7.99. The minimum absolute atomic E-state index is 0.00860. The van der Waals surface area contributed by atoms with Crippen LogP contribution >= 0.6 is 11.8 Å². The van der Waals surface area contributed by atoms with Gasteiger partial charge in [-0.25, -0.2) is 4.68 Å². The Balaban J connectivity index is 1.96. The zero-order chi connectivity index (χ0) is 20.0. The average Bonchev–Trinajstić information content (AvgIpc) is 3.00. The van der Waals surface area contributed by atoms with Gasteiger partial charge in [0.15, 0.2) is 5.82 Å². The number of carbonyl (C=O) groups excluding carboxylic acids is 1. The maximum Gasteiger partial charge on any atom is 0.231 e. The van der Waals surface area contributed by atoms with Gasteiger partial charge >= 0.3 is 0 Å². The molecule has 2 aromatic rings. The summed E-state index contributed by atoms with van der Waals surface area (Å²) in [6.07, 6.45) is 0.514. The van der Waals surface area contributed by atoms with Crippen molar-refractivity contribution in [1.29, 1.82) is 5.26 Å². The monoisotopic (exact) mass is 388 g/mol. The van der Waals surface area contributed by atoms with E-state index in [1.165, 1.54) is 16.4 Å². The average molecular weight is 388 g/mol. The predicted octanol–water partition coefficient (Wildman–Crippen LogP) is 1.74. The van der Waals surface area contributed by atoms with Crippen LogP contribution in [0.25, 0.3) is 0 Å². The van der Waals surface area contributed by atoms with Crippen LogP contribution in [0.4, 0.5) is 0 Å². The number of methoxy groups -OCH3 is 1. The molecule has 8 nitrogen and oxygen atoms in total. The number of aromatic nitrogens is 3. The third kappa shape index (κ3) is 5.14. The first kappa shape index (κ1) is 20.6. The topological polar surface area (TPSA) is 119 Å². The fourth-order valence-corrected chi connectivity index (χ4v) is 2.88. The number of nitriles is 1. The van der Waals surface area contributed by atoms with E-state index < -0.39 is 5.54 Å². The number of nitrogens with one attached hydrogen (secondary N) is 1. The highest BCUT2D eigenvalue weighted by Gasteiger charge is 2.30. The number of nitrogen functional groups attached to an aromatic ring is 1. The lowest BCUT2D eigenvalue weighted by atomic mass is 9.90. The van der Waals surface area contributed by atoms with Crippen molar-refractivity contribution in [3.05, 3.63) is 35.7 Å². The Hall–Kier alpha value is -2.73. The molecule has 1 unspecified atom stereocenters. The van der Waals surface area contributed by atoms with Gasteiger partial charge in [-0.1, -0.05) is 37.7 Å². The number of nitrogens with zero attached hydrogens (tertiary/aromatic N) is 4. The zero-order valence-electron chi connectivity index (χ0n) is 15.9. The molecule has 1 aromatic heterocycles. The highest BCUT2D eigenvalue weighted by Crippen LogP contribution is 2.19. The first-order valence-electron chi connectivity index (χ1n) is 8.46. The second-order valence-electron chi connectivity index (χ2n) is 6.60. The first-order valence-corrected chi connectivity index (χ1v) is 9.45. The molecule has 0 saturated heterocycles. The molecule has 0 bridgehead atoms. The minimum Gasteiger partial charge on any atom is -0.497 e. The van der Waals surface area contributed by atoms with Gasteiger partial charge in [0.05, 0.1) is 18.9 Å². The number of ether oxygens (including phenoxy) is 1. The molecule has 2 rings (SSSR count). The fraction of sp³-hybridized carbons (Fsp3) is 0.444. The van der Waals surface area contributed by atoms with Crippen molar-refractivity contribution in [2.45, 2.75) is 37.9 Å². The number of carbonyl (C=O) groups is 1. The van der Waals surface area contributed by atoms with Crippen molar-refractivity contribution in [1.82, 2.24) is 20.2 Å². The number of amides is 1. The molecule has 144 valence electrons. The van der Waals surface area contributed by atoms with Crippen LogP contribution in [0.1, 0.15) is 32.2 Å². The number of rotatable bonds is 8. The summed E-state index contributed by atoms with van der Waals surface area (Å²) < 4.78 is 6.52. The maximum absolute atomic E-state index is 12.2. The smallest absolute Gasteiger partial charge is 0.231 e. The van der Waals surface area contributed by atoms with Crippen molar-refractivity contribution >= 4 is 17.7 Å². The summed E-state index contributed by atoms with van der Waals surface area (Å²) in [6, 6.07) is 9.75. The van der Waals surface area contributed by atoms with Gasteiger partial charge in [-0.3, -0.25) is 4.79 Å². The SMILES string of the molecule is COc1ccc(Cc2nnc(SCC(=O)NC(C)(C#N)C(C)C)n2N)cc1. The normalized spacial score (nSPS) is 13.0. The molecule has 1 heterocycles. The van der Waals surface area contributed by atoms with Gasteiger partial charge in [0.25, 0.3) is 0 Å². The van der Waals surface area contributed by atoms with E-state index in [2.05, 4.69) is 21.6 Å². The summed E-state index contributed by atoms with van der Waals surface area (Å²) in [6.45, 7) is 5.48. The van der Waals surface area contributed by atoms with Crippen LogP contribution in [0, 0.1) is 17.2 Å². The van der Waals surface area contributed by atoms with Crippen LogP contribution in [-0.2, 0) is 11.2 Å². The van der Waals surface area contributed by atoms with Crippen molar-refractivity contribution in [3.63, 3.8) is 0 Å². The van der Waals surface area contributed by atoms with Crippen LogP contribution < -0.4 is 15.9 Å². The minimum atomic E-state index is -0.909. The quantitative estimate of drug-likeness (QED) is 0.522. The fourth-order valence-electron chi connectivity index (χ4n) is 2.21. The van der Waals surface area contributed by atoms with Crippen LogP contribution in [0.15, 0.2) is 29.4 Å². The Morgan fingerprint density at radius 1 is 1.41 bits per heavy atom. The molecule has 9 heteroatoms. The highest BCUT2D eigenvalue weighted by atomic mass is 32.2. The Kier molecular flexibility index (Phi) is 6.69. The molecule has 0 radical (unpaired) electrons. The Labute approximate surface area is 163 Å². The molecule has 1 amide bonds. The number of hydrogen-bond donors (Lipinski definition) is 2. The summed E-state index contributed by atoms with van der Waals surface area (Å²) in [4.78, 5) is 12.2. The molecule has 27 heavy (non-hydrogen) atoms. The molecule has 0 aliphatic heterocycles. The summed E-state index contributed by atoms with van der Waals surface area (Å²) in [5, 5.41) is 20.6. The van der Waals surface area contributed by atoms with Gasteiger partial charge in [0.1, 0.15) is 11.3 Å². The van der Waals surface area contributed by atoms with Crippen LogP contribution in [0.5, 0.6) is 5.75 Å². The molecular formula is C18H24N6O2S. The number of thioether (sulfide) groups is 1. The van der Waals surface area contributed by atoms with E-state index in [0.717, 1.165) is 11.3 Å². The second kappa shape index (κ2) is 8.77. The van der Waals surface area contributed by atoms with Gasteiger partial charge in [-0.15, -0.1) is 10.2 Å². The number of hydrogen-bond acceptors (Lipinski definition) is 7. The van der Waals surface area contributed by atoms with E-state index in [1.54, 1.807) is 14.0 Å². The third-order valence-electron chi connectivity index (χ3n) is 4.37. The molecule has 1 aromatic carbocycles. The first-order chi connectivity index (χ1) is 12.8.